The molecule has 104 valence electrons. The van der Waals surface area contributed by atoms with E-state index in [1.165, 1.54) is 14.2 Å². The van der Waals surface area contributed by atoms with Gasteiger partial charge in [-0.2, -0.15) is 0 Å². The van der Waals surface area contributed by atoms with E-state index >= 15 is 0 Å². The van der Waals surface area contributed by atoms with Crippen LogP contribution in [-0.4, -0.2) is 30.7 Å². The molecule has 0 saturated heterocycles. The number of carbonyl (C=O) groups excluding carboxylic acids is 1. The Kier molecular flexibility index (Phi) is 4.72. The van der Waals surface area contributed by atoms with Gasteiger partial charge in [-0.3, -0.25) is 4.79 Å². The molecule has 0 atom stereocenters. The van der Waals surface area contributed by atoms with Gasteiger partial charge in [0.05, 0.1) is 24.7 Å². The minimum Gasteiger partial charge on any atom is -0.497 e. The molecule has 5 nitrogen and oxygen atoms in total. The molecule has 1 aromatic carbocycles. The summed E-state index contributed by atoms with van der Waals surface area (Å²) >= 11 is 4.91. The normalized spacial score (nSPS) is 10.7. The first-order valence-electron chi connectivity index (χ1n) is 5.65. The predicted octanol–water partition coefficient (Wildman–Crippen LogP) is 1.50. The van der Waals surface area contributed by atoms with Gasteiger partial charge < -0.3 is 20.5 Å². The summed E-state index contributed by atoms with van der Waals surface area (Å²) in [5.41, 5.74) is 5.23. The molecular weight excluding hydrogens is 264 g/mol. The molecule has 0 fully saturated rings. The molecular formula is C13H18N2O3S. The van der Waals surface area contributed by atoms with Crippen LogP contribution in [0, 0.1) is 0 Å². The Morgan fingerprint density at radius 2 is 1.68 bits per heavy atom. The number of amides is 1. The molecule has 0 aliphatic heterocycles. The minimum atomic E-state index is -0.761. The topological polar surface area (TPSA) is 73.6 Å². The van der Waals surface area contributed by atoms with Gasteiger partial charge in [0.2, 0.25) is 0 Å². The maximum Gasteiger partial charge on any atom is 0.252 e. The number of methoxy groups -OCH3 is 2. The van der Waals surface area contributed by atoms with Gasteiger partial charge in [0, 0.05) is 11.6 Å². The Balaban J connectivity index is 3.03. The van der Waals surface area contributed by atoms with Crippen LogP contribution >= 0.6 is 12.2 Å². The van der Waals surface area contributed by atoms with Crippen LogP contribution in [0.3, 0.4) is 0 Å². The highest BCUT2D eigenvalue weighted by atomic mass is 32.1. The molecule has 0 heterocycles. The number of nitrogens with one attached hydrogen (secondary N) is 1. The summed E-state index contributed by atoms with van der Waals surface area (Å²) in [4.78, 5) is 12.4. The van der Waals surface area contributed by atoms with Crippen molar-refractivity contribution in [1.82, 2.24) is 5.32 Å². The first-order chi connectivity index (χ1) is 8.80. The smallest absolute Gasteiger partial charge is 0.252 e. The fourth-order valence-electron chi connectivity index (χ4n) is 1.36. The number of thiocarbonyl (C=S) groups is 1. The quantitative estimate of drug-likeness (QED) is 0.801. The Morgan fingerprint density at radius 3 is 2.05 bits per heavy atom. The zero-order valence-corrected chi connectivity index (χ0v) is 12.3. The average Bonchev–Trinajstić information content (AvgIpc) is 2.37. The van der Waals surface area contributed by atoms with Crippen LogP contribution in [0.4, 0.5) is 0 Å². The third-order valence-electron chi connectivity index (χ3n) is 2.66. The van der Waals surface area contributed by atoms with Crippen molar-refractivity contribution in [3.63, 3.8) is 0 Å². The highest BCUT2D eigenvalue weighted by Crippen LogP contribution is 2.22. The van der Waals surface area contributed by atoms with E-state index in [-0.39, 0.29) is 10.9 Å². The summed E-state index contributed by atoms with van der Waals surface area (Å²) in [6.07, 6.45) is 0. The average molecular weight is 282 g/mol. The Bertz CT molecular complexity index is 478. The van der Waals surface area contributed by atoms with Gasteiger partial charge in [-0.05, 0) is 26.0 Å². The molecule has 0 unspecified atom stereocenters. The van der Waals surface area contributed by atoms with Crippen molar-refractivity contribution in [3.05, 3.63) is 23.8 Å². The third kappa shape index (κ3) is 3.82. The fourth-order valence-corrected chi connectivity index (χ4v) is 1.41. The Hall–Kier alpha value is -1.82. The number of rotatable bonds is 5. The molecule has 0 aliphatic carbocycles. The van der Waals surface area contributed by atoms with Gasteiger partial charge in [-0.25, -0.2) is 0 Å². The zero-order valence-electron chi connectivity index (χ0n) is 11.4. The van der Waals surface area contributed by atoms with Gasteiger partial charge >= 0.3 is 0 Å². The largest absolute Gasteiger partial charge is 0.497 e. The minimum absolute atomic E-state index is 0.218. The molecule has 6 heteroatoms. The van der Waals surface area contributed by atoms with Gasteiger partial charge in [-0.15, -0.1) is 0 Å². The lowest BCUT2D eigenvalue weighted by molar-refractivity contribution is 0.0931. The number of carbonyl (C=O) groups is 1. The summed E-state index contributed by atoms with van der Waals surface area (Å²) < 4.78 is 10.2. The van der Waals surface area contributed by atoms with E-state index in [4.69, 9.17) is 27.4 Å². The van der Waals surface area contributed by atoms with Crippen molar-refractivity contribution in [2.45, 2.75) is 19.4 Å². The van der Waals surface area contributed by atoms with Gasteiger partial charge in [0.15, 0.2) is 0 Å². The van der Waals surface area contributed by atoms with Crippen molar-refractivity contribution >= 4 is 23.1 Å². The van der Waals surface area contributed by atoms with E-state index in [2.05, 4.69) is 5.32 Å². The molecule has 1 aromatic rings. The molecule has 3 N–H and O–H groups in total. The Labute approximate surface area is 118 Å². The SMILES string of the molecule is COc1cc(OC)cc(C(=O)NC(C)(C)C(N)=S)c1. The molecule has 1 rings (SSSR count). The molecule has 19 heavy (non-hydrogen) atoms. The second-order valence-corrected chi connectivity index (χ2v) is 4.98. The first-order valence-corrected chi connectivity index (χ1v) is 6.06. The highest BCUT2D eigenvalue weighted by Gasteiger charge is 2.24. The van der Waals surface area contributed by atoms with Gasteiger partial charge in [0.25, 0.3) is 5.91 Å². The van der Waals surface area contributed by atoms with Crippen molar-refractivity contribution in [2.75, 3.05) is 14.2 Å². The number of hydrogen-bond donors (Lipinski definition) is 2. The molecule has 0 bridgehead atoms. The van der Waals surface area contributed by atoms with Crippen molar-refractivity contribution in [3.8, 4) is 11.5 Å². The summed E-state index contributed by atoms with van der Waals surface area (Å²) in [5.74, 6) is 0.783. The molecule has 0 radical (unpaired) electrons. The molecule has 0 saturated carbocycles. The van der Waals surface area contributed by atoms with Crippen LogP contribution < -0.4 is 20.5 Å². The number of ether oxygens (including phenoxy) is 2. The lowest BCUT2D eigenvalue weighted by Crippen LogP contribution is -2.52. The third-order valence-corrected chi connectivity index (χ3v) is 3.17. The fraction of sp³-hybridized carbons (Fsp3) is 0.385. The maximum atomic E-state index is 12.2. The van der Waals surface area contributed by atoms with Crippen LogP contribution in [0.1, 0.15) is 24.2 Å². The van der Waals surface area contributed by atoms with E-state index in [0.29, 0.717) is 17.1 Å². The lowest BCUT2D eigenvalue weighted by atomic mass is 10.0. The second kappa shape index (κ2) is 5.88. The predicted molar refractivity (Wildman–Crippen MR) is 77.9 cm³/mol. The van der Waals surface area contributed by atoms with Crippen LogP contribution in [0.2, 0.25) is 0 Å². The molecule has 0 aliphatic rings. The number of hydrogen-bond acceptors (Lipinski definition) is 4. The molecule has 1 amide bonds. The summed E-state index contributed by atoms with van der Waals surface area (Å²) in [6.45, 7) is 3.48. The second-order valence-electron chi connectivity index (χ2n) is 4.54. The number of nitrogens with two attached hydrogens (primary N) is 1. The van der Waals surface area contributed by atoms with Gasteiger partial charge in [0.1, 0.15) is 11.5 Å². The Morgan fingerprint density at radius 1 is 1.21 bits per heavy atom. The maximum absolute atomic E-state index is 12.2. The van der Waals surface area contributed by atoms with Crippen molar-refractivity contribution in [1.29, 1.82) is 0 Å². The molecule has 0 spiro atoms. The summed E-state index contributed by atoms with van der Waals surface area (Å²) in [6, 6.07) is 4.93. The highest BCUT2D eigenvalue weighted by molar-refractivity contribution is 7.80. The van der Waals surface area contributed by atoms with Crippen LogP contribution in [0.5, 0.6) is 11.5 Å². The van der Waals surface area contributed by atoms with Crippen LogP contribution in [0.15, 0.2) is 18.2 Å². The zero-order chi connectivity index (χ0) is 14.6. The summed E-state index contributed by atoms with van der Waals surface area (Å²) in [5, 5.41) is 2.76. The monoisotopic (exact) mass is 282 g/mol. The lowest BCUT2D eigenvalue weighted by Gasteiger charge is -2.24. The first kappa shape index (κ1) is 15.2. The van der Waals surface area contributed by atoms with E-state index in [0.717, 1.165) is 0 Å². The standard InChI is InChI=1S/C13H18N2O3S/c1-13(2,12(14)19)15-11(16)8-5-9(17-3)7-10(6-8)18-4/h5-7H,1-4H3,(H2,14,19)(H,15,16). The van der Waals surface area contributed by atoms with E-state index in [1.807, 2.05) is 0 Å². The van der Waals surface area contributed by atoms with Crippen LogP contribution in [-0.2, 0) is 0 Å². The van der Waals surface area contributed by atoms with Crippen LogP contribution in [0.25, 0.3) is 0 Å². The van der Waals surface area contributed by atoms with Gasteiger partial charge in [-0.1, -0.05) is 12.2 Å². The van der Waals surface area contributed by atoms with Crippen molar-refractivity contribution in [2.24, 2.45) is 5.73 Å². The molecule has 0 aromatic heterocycles. The van der Waals surface area contributed by atoms with Crippen molar-refractivity contribution < 1.29 is 14.3 Å². The van der Waals surface area contributed by atoms with E-state index < -0.39 is 5.54 Å². The van der Waals surface area contributed by atoms with E-state index in [9.17, 15) is 4.79 Å². The van der Waals surface area contributed by atoms with E-state index in [1.54, 1.807) is 32.0 Å². The summed E-state index contributed by atoms with van der Waals surface area (Å²) in [7, 11) is 3.05. The number of benzene rings is 1.